The molecule has 0 saturated carbocycles. The molecule has 3 aromatic rings. The average molecular weight is 547 g/mol. The lowest BCUT2D eigenvalue weighted by atomic mass is 10.0. The molecule has 0 aliphatic carbocycles. The van der Waals surface area contributed by atoms with Gasteiger partial charge in [-0.25, -0.2) is 23.3 Å². The molecule has 0 spiro atoms. The predicted octanol–water partition coefficient (Wildman–Crippen LogP) is 1.78. The number of amides is 1. The summed E-state index contributed by atoms with van der Waals surface area (Å²) in [4.78, 5) is 31.7. The second-order valence-electron chi connectivity index (χ2n) is 9.69. The van der Waals surface area contributed by atoms with E-state index in [-0.39, 0.29) is 24.2 Å². The summed E-state index contributed by atoms with van der Waals surface area (Å²) in [5.41, 5.74) is 3.18. The number of morpholine rings is 1. The van der Waals surface area contributed by atoms with Crippen molar-refractivity contribution in [2.45, 2.75) is 31.1 Å². The van der Waals surface area contributed by atoms with E-state index in [1.54, 1.807) is 24.3 Å². The number of sulfone groups is 1. The van der Waals surface area contributed by atoms with Crippen LogP contribution in [0.4, 0.5) is 4.39 Å². The standard InChI is InChI=1S/C26H31FN4O6S/c1-26(25(33)29-34,38(2,35)36)8-10-31-17-28-23-16-19(4-6-21(23)24(31)32)20-5-3-18(15-22(20)27)7-9-30-11-13-37-14-12-30/h3-6,15-17,34H,7-14H2,1-2H3,(H,29,33)/t26-/m1/s1. The van der Waals surface area contributed by atoms with Crippen molar-refractivity contribution in [2.24, 2.45) is 0 Å². The molecule has 1 fully saturated rings. The molecular formula is C26H31FN4O6S. The maximum atomic E-state index is 15.0. The molecule has 1 aliphatic rings. The van der Waals surface area contributed by atoms with Gasteiger partial charge >= 0.3 is 0 Å². The number of nitrogens with one attached hydrogen (secondary N) is 1. The summed E-state index contributed by atoms with van der Waals surface area (Å²) in [5.74, 6) is -1.44. The number of fused-ring (bicyclic) bond motifs is 1. The van der Waals surface area contributed by atoms with E-state index in [1.165, 1.54) is 29.4 Å². The van der Waals surface area contributed by atoms with Crippen molar-refractivity contribution in [3.8, 4) is 11.1 Å². The van der Waals surface area contributed by atoms with Crippen LogP contribution in [0.25, 0.3) is 22.0 Å². The first-order valence-electron chi connectivity index (χ1n) is 12.3. The Hall–Kier alpha value is -3.19. The number of carbonyl (C=O) groups excluding carboxylic acids is 1. The first kappa shape index (κ1) is 27.8. The first-order chi connectivity index (χ1) is 18.0. The third-order valence-electron chi connectivity index (χ3n) is 7.22. The molecule has 1 saturated heterocycles. The van der Waals surface area contributed by atoms with E-state index in [9.17, 15) is 18.0 Å². The Morgan fingerprint density at radius 1 is 1.18 bits per heavy atom. The molecular weight excluding hydrogens is 515 g/mol. The minimum atomic E-state index is -3.91. The van der Waals surface area contributed by atoms with Gasteiger partial charge in [0.2, 0.25) is 0 Å². The second kappa shape index (κ2) is 11.3. The maximum Gasteiger partial charge on any atom is 0.264 e. The summed E-state index contributed by atoms with van der Waals surface area (Å²) >= 11 is 0. The number of ether oxygens (including phenoxy) is 1. The van der Waals surface area contributed by atoms with Crippen LogP contribution in [0.5, 0.6) is 0 Å². The highest BCUT2D eigenvalue weighted by Gasteiger charge is 2.43. The minimum Gasteiger partial charge on any atom is -0.379 e. The Bertz CT molecular complexity index is 1500. The number of rotatable bonds is 9. The zero-order chi connectivity index (χ0) is 27.5. The van der Waals surface area contributed by atoms with E-state index in [0.29, 0.717) is 16.6 Å². The van der Waals surface area contributed by atoms with Gasteiger partial charge in [-0.3, -0.25) is 24.3 Å². The van der Waals surface area contributed by atoms with Gasteiger partial charge in [0, 0.05) is 38.0 Å². The van der Waals surface area contributed by atoms with E-state index >= 15 is 4.39 Å². The molecule has 2 heterocycles. The molecule has 4 rings (SSSR count). The largest absolute Gasteiger partial charge is 0.379 e. The SMILES string of the molecule is C[C@@](CCn1cnc2cc(-c3ccc(CCN4CCOCC4)cc3F)ccc2c1=O)(C(=O)NO)S(C)(=O)=O. The predicted molar refractivity (Wildman–Crippen MR) is 140 cm³/mol. The number of aryl methyl sites for hydroxylation is 1. The smallest absolute Gasteiger partial charge is 0.264 e. The molecule has 12 heteroatoms. The molecule has 0 bridgehead atoms. The van der Waals surface area contributed by atoms with Crippen molar-refractivity contribution in [2.75, 3.05) is 39.1 Å². The normalized spacial score (nSPS) is 16.3. The fourth-order valence-corrected chi connectivity index (χ4v) is 5.31. The molecule has 2 N–H and O–H groups in total. The minimum absolute atomic E-state index is 0.124. The van der Waals surface area contributed by atoms with Gasteiger partial charge < -0.3 is 4.74 Å². The van der Waals surface area contributed by atoms with Gasteiger partial charge in [-0.2, -0.15) is 0 Å². The summed E-state index contributed by atoms with van der Waals surface area (Å²) < 4.78 is 44.0. The zero-order valence-electron chi connectivity index (χ0n) is 21.3. The summed E-state index contributed by atoms with van der Waals surface area (Å²) in [5, 5.41) is 9.25. The molecule has 0 unspecified atom stereocenters. The fraction of sp³-hybridized carbons (Fsp3) is 0.423. The number of nitrogens with zero attached hydrogens (tertiary/aromatic N) is 3. The van der Waals surface area contributed by atoms with Crippen LogP contribution in [0.1, 0.15) is 18.9 Å². The number of hydrogen-bond donors (Lipinski definition) is 2. The number of hydrogen-bond acceptors (Lipinski definition) is 8. The lowest BCUT2D eigenvalue weighted by Gasteiger charge is -2.26. The number of aromatic nitrogens is 2. The lowest BCUT2D eigenvalue weighted by molar-refractivity contribution is -0.131. The van der Waals surface area contributed by atoms with Crippen LogP contribution < -0.4 is 11.0 Å². The van der Waals surface area contributed by atoms with E-state index in [2.05, 4.69) is 9.88 Å². The van der Waals surface area contributed by atoms with Crippen LogP contribution >= 0.6 is 0 Å². The quantitative estimate of drug-likeness (QED) is 0.307. The van der Waals surface area contributed by atoms with Crippen molar-refractivity contribution >= 4 is 26.6 Å². The topological polar surface area (TPSA) is 131 Å². The van der Waals surface area contributed by atoms with Gasteiger partial charge in [-0.05, 0) is 49.1 Å². The Morgan fingerprint density at radius 2 is 1.92 bits per heavy atom. The van der Waals surface area contributed by atoms with Crippen molar-refractivity contribution in [3.63, 3.8) is 0 Å². The third kappa shape index (κ3) is 5.78. The first-order valence-corrected chi connectivity index (χ1v) is 14.1. The van der Waals surface area contributed by atoms with Crippen molar-refractivity contribution < 1.29 is 27.5 Å². The van der Waals surface area contributed by atoms with Gasteiger partial charge in [0.25, 0.3) is 11.5 Å². The Labute approximate surface area is 219 Å². The van der Waals surface area contributed by atoms with Crippen LogP contribution in [0, 0.1) is 5.82 Å². The molecule has 0 radical (unpaired) electrons. The number of halogens is 1. The molecule has 38 heavy (non-hydrogen) atoms. The highest BCUT2D eigenvalue weighted by Crippen LogP contribution is 2.27. The van der Waals surface area contributed by atoms with Gasteiger partial charge in [-0.15, -0.1) is 0 Å². The van der Waals surface area contributed by atoms with E-state index in [4.69, 9.17) is 9.94 Å². The van der Waals surface area contributed by atoms with E-state index < -0.39 is 26.1 Å². The van der Waals surface area contributed by atoms with Crippen molar-refractivity contribution in [1.82, 2.24) is 19.9 Å². The second-order valence-corrected chi connectivity index (χ2v) is 12.1. The molecule has 1 atom stereocenters. The van der Waals surface area contributed by atoms with Gasteiger partial charge in [-0.1, -0.05) is 18.2 Å². The van der Waals surface area contributed by atoms with Crippen LogP contribution in [0.3, 0.4) is 0 Å². The summed E-state index contributed by atoms with van der Waals surface area (Å²) in [6, 6.07) is 9.99. The van der Waals surface area contributed by atoms with Crippen molar-refractivity contribution in [3.05, 3.63) is 64.5 Å². The zero-order valence-corrected chi connectivity index (χ0v) is 22.1. The maximum absolute atomic E-state index is 15.0. The van der Waals surface area contributed by atoms with Gasteiger partial charge in [0.15, 0.2) is 14.6 Å². The van der Waals surface area contributed by atoms with Crippen molar-refractivity contribution in [1.29, 1.82) is 0 Å². The monoisotopic (exact) mass is 546 g/mol. The van der Waals surface area contributed by atoms with Crippen LogP contribution in [-0.4, -0.2) is 77.8 Å². The van der Waals surface area contributed by atoms with E-state index in [0.717, 1.165) is 51.1 Å². The number of benzene rings is 2. The van der Waals surface area contributed by atoms with Crippen LogP contribution in [-0.2, 0) is 32.3 Å². The summed E-state index contributed by atoms with van der Waals surface area (Å²) in [7, 11) is -3.91. The summed E-state index contributed by atoms with van der Waals surface area (Å²) in [6.45, 7) is 5.08. The Morgan fingerprint density at radius 3 is 2.58 bits per heavy atom. The molecule has 204 valence electrons. The van der Waals surface area contributed by atoms with Gasteiger partial charge in [0.1, 0.15) is 5.82 Å². The Kier molecular flexibility index (Phi) is 8.26. The molecule has 1 amide bonds. The third-order valence-corrected chi connectivity index (χ3v) is 9.25. The number of carbonyl (C=O) groups is 1. The average Bonchev–Trinajstić information content (AvgIpc) is 2.90. The van der Waals surface area contributed by atoms with E-state index in [1.807, 2.05) is 6.07 Å². The van der Waals surface area contributed by atoms with Crippen LogP contribution in [0.2, 0.25) is 0 Å². The molecule has 2 aromatic carbocycles. The number of hydroxylamine groups is 1. The molecule has 10 nitrogen and oxygen atoms in total. The highest BCUT2D eigenvalue weighted by atomic mass is 32.2. The summed E-state index contributed by atoms with van der Waals surface area (Å²) in [6.07, 6.45) is 2.63. The molecule has 1 aromatic heterocycles. The highest BCUT2D eigenvalue weighted by molar-refractivity contribution is 7.92. The lowest BCUT2D eigenvalue weighted by Crippen LogP contribution is -2.50. The van der Waals surface area contributed by atoms with Crippen LogP contribution in [0.15, 0.2) is 47.5 Å². The fourth-order valence-electron chi connectivity index (χ4n) is 4.46. The molecule has 1 aliphatic heterocycles. The Balaban J connectivity index is 1.53. The van der Waals surface area contributed by atoms with Gasteiger partial charge in [0.05, 0.1) is 30.4 Å².